The Hall–Kier alpha value is -2.37. The molecule has 0 bridgehead atoms. The first-order valence-electron chi connectivity index (χ1n) is 9.36. The molecule has 6 heteroatoms. The van der Waals surface area contributed by atoms with Gasteiger partial charge in [0.05, 0.1) is 23.5 Å². The van der Waals surface area contributed by atoms with Crippen molar-refractivity contribution in [3.63, 3.8) is 0 Å². The van der Waals surface area contributed by atoms with Crippen LogP contribution >= 0.6 is 0 Å². The van der Waals surface area contributed by atoms with Gasteiger partial charge in [-0.1, -0.05) is 26.0 Å². The summed E-state index contributed by atoms with van der Waals surface area (Å²) >= 11 is 0. The molecular weight excluding hydrogens is 328 g/mol. The summed E-state index contributed by atoms with van der Waals surface area (Å²) in [5.74, 6) is 1.22. The van der Waals surface area contributed by atoms with E-state index in [4.69, 9.17) is 0 Å². The number of carbonyl (C=O) groups excluding carboxylic acids is 2. The van der Waals surface area contributed by atoms with Gasteiger partial charge in [-0.2, -0.15) is 0 Å². The number of hydrogen-bond acceptors (Lipinski definition) is 3. The molecule has 1 N–H and O–H groups in total. The fraction of sp³-hybridized carbons (Fsp3) is 0.550. The molecule has 0 radical (unpaired) electrons. The van der Waals surface area contributed by atoms with E-state index in [2.05, 4.69) is 24.1 Å². The number of piperidine rings is 1. The molecule has 2 amide bonds. The van der Waals surface area contributed by atoms with Crippen molar-refractivity contribution in [3.05, 3.63) is 30.1 Å². The lowest BCUT2D eigenvalue weighted by atomic mass is 9.88. The fourth-order valence-electron chi connectivity index (χ4n) is 3.77. The standard InChI is InChI=1S/C20H28N4O2/c1-13(2)12-24-14(3)15(9-10-19(24)25)20(26)21-11-18-22-16-7-5-6-8-17(16)23(18)4/h5-8,13-15H,9-12H2,1-4H3,(H,21,26)/t14-,15-/m1/s1. The predicted molar refractivity (Wildman–Crippen MR) is 101 cm³/mol. The number of aryl methyl sites for hydroxylation is 1. The van der Waals surface area contributed by atoms with Crippen LogP contribution in [0, 0.1) is 11.8 Å². The van der Waals surface area contributed by atoms with Crippen LogP contribution in [0.25, 0.3) is 11.0 Å². The third kappa shape index (κ3) is 3.59. The SMILES string of the molecule is CC(C)CN1C(=O)CC[C@@H](C(=O)NCc2nc3ccccc3n2C)[C@H]1C. The average Bonchev–Trinajstić information content (AvgIpc) is 2.93. The third-order valence-corrected chi connectivity index (χ3v) is 5.26. The summed E-state index contributed by atoms with van der Waals surface area (Å²) in [7, 11) is 1.96. The molecule has 1 fully saturated rings. The van der Waals surface area contributed by atoms with Crippen molar-refractivity contribution < 1.29 is 9.59 Å². The minimum atomic E-state index is -0.166. The van der Waals surface area contributed by atoms with Gasteiger partial charge >= 0.3 is 0 Å². The Balaban J connectivity index is 1.67. The molecule has 0 aliphatic carbocycles. The highest BCUT2D eigenvalue weighted by atomic mass is 16.2. The first-order chi connectivity index (χ1) is 12.4. The van der Waals surface area contributed by atoms with Gasteiger partial charge in [-0.25, -0.2) is 4.98 Å². The van der Waals surface area contributed by atoms with Crippen LogP contribution in [0.3, 0.4) is 0 Å². The summed E-state index contributed by atoms with van der Waals surface area (Å²) in [5, 5.41) is 3.03. The average molecular weight is 356 g/mol. The summed E-state index contributed by atoms with van der Waals surface area (Å²) < 4.78 is 2.01. The van der Waals surface area contributed by atoms with Crippen LogP contribution in [0.1, 0.15) is 39.4 Å². The van der Waals surface area contributed by atoms with E-state index in [0.717, 1.165) is 16.9 Å². The molecule has 2 heterocycles. The van der Waals surface area contributed by atoms with Gasteiger partial charge in [-0.05, 0) is 31.4 Å². The quantitative estimate of drug-likeness (QED) is 0.895. The highest BCUT2D eigenvalue weighted by Crippen LogP contribution is 2.25. The highest BCUT2D eigenvalue weighted by molar-refractivity contribution is 5.84. The minimum absolute atomic E-state index is 0.00538. The number of rotatable bonds is 5. The van der Waals surface area contributed by atoms with Crippen LogP contribution in [0.5, 0.6) is 0 Å². The number of carbonyl (C=O) groups is 2. The van der Waals surface area contributed by atoms with Gasteiger partial charge in [0, 0.05) is 26.1 Å². The Kier molecular flexibility index (Phi) is 5.30. The summed E-state index contributed by atoms with van der Waals surface area (Å²) in [4.78, 5) is 31.4. The Morgan fingerprint density at radius 3 is 2.77 bits per heavy atom. The van der Waals surface area contributed by atoms with Crippen LogP contribution in [0.4, 0.5) is 0 Å². The molecule has 0 unspecified atom stereocenters. The lowest BCUT2D eigenvalue weighted by Gasteiger charge is -2.39. The Bertz CT molecular complexity index is 811. The molecule has 3 rings (SSSR count). The smallest absolute Gasteiger partial charge is 0.225 e. The van der Waals surface area contributed by atoms with Gasteiger partial charge in [-0.15, -0.1) is 0 Å². The Morgan fingerprint density at radius 1 is 1.35 bits per heavy atom. The number of amides is 2. The van der Waals surface area contributed by atoms with Crippen molar-refractivity contribution in [3.8, 4) is 0 Å². The highest BCUT2D eigenvalue weighted by Gasteiger charge is 2.36. The van der Waals surface area contributed by atoms with Gasteiger partial charge in [0.15, 0.2) is 0 Å². The first-order valence-corrected chi connectivity index (χ1v) is 9.36. The number of imidazole rings is 1. The number of hydrogen-bond donors (Lipinski definition) is 1. The van der Waals surface area contributed by atoms with Crippen molar-refractivity contribution >= 4 is 22.8 Å². The predicted octanol–water partition coefficient (Wildman–Crippen LogP) is 2.47. The molecule has 1 saturated heterocycles. The van der Waals surface area contributed by atoms with E-state index in [9.17, 15) is 9.59 Å². The normalized spacial score (nSPS) is 20.8. The van der Waals surface area contributed by atoms with Crippen molar-refractivity contribution in [2.24, 2.45) is 18.9 Å². The molecule has 1 aromatic carbocycles. The van der Waals surface area contributed by atoms with Crippen molar-refractivity contribution in [1.82, 2.24) is 19.8 Å². The van der Waals surface area contributed by atoms with E-state index in [1.165, 1.54) is 0 Å². The molecule has 1 aliphatic heterocycles. The molecule has 2 aromatic rings. The van der Waals surface area contributed by atoms with E-state index in [1.54, 1.807) is 0 Å². The summed E-state index contributed by atoms with van der Waals surface area (Å²) in [6, 6.07) is 7.86. The van der Waals surface area contributed by atoms with E-state index in [-0.39, 0.29) is 23.8 Å². The molecule has 26 heavy (non-hydrogen) atoms. The topological polar surface area (TPSA) is 67.2 Å². The molecule has 6 nitrogen and oxygen atoms in total. The molecule has 1 aromatic heterocycles. The van der Waals surface area contributed by atoms with Crippen LogP contribution in [-0.2, 0) is 23.2 Å². The summed E-state index contributed by atoms with van der Waals surface area (Å²) in [6.45, 7) is 7.27. The number of nitrogens with zero attached hydrogens (tertiary/aromatic N) is 3. The van der Waals surface area contributed by atoms with Gasteiger partial charge in [-0.3, -0.25) is 9.59 Å². The molecule has 0 spiro atoms. The van der Waals surface area contributed by atoms with Crippen molar-refractivity contribution in [2.75, 3.05) is 6.54 Å². The first kappa shape index (κ1) is 18.4. The fourth-order valence-corrected chi connectivity index (χ4v) is 3.77. The molecule has 140 valence electrons. The van der Waals surface area contributed by atoms with Crippen LogP contribution < -0.4 is 5.32 Å². The monoisotopic (exact) mass is 356 g/mol. The van der Waals surface area contributed by atoms with E-state index in [0.29, 0.717) is 31.8 Å². The zero-order valence-corrected chi connectivity index (χ0v) is 16.0. The number of benzene rings is 1. The van der Waals surface area contributed by atoms with Crippen LogP contribution in [-0.4, -0.2) is 38.9 Å². The number of likely N-dealkylation sites (tertiary alicyclic amines) is 1. The van der Waals surface area contributed by atoms with Crippen molar-refractivity contribution in [2.45, 2.75) is 46.2 Å². The molecule has 2 atom stereocenters. The number of aromatic nitrogens is 2. The number of fused-ring (bicyclic) bond motifs is 1. The van der Waals surface area contributed by atoms with Crippen molar-refractivity contribution in [1.29, 1.82) is 0 Å². The Labute approximate surface area is 154 Å². The minimum Gasteiger partial charge on any atom is -0.349 e. The van der Waals surface area contributed by atoms with Crippen LogP contribution in [0.15, 0.2) is 24.3 Å². The largest absolute Gasteiger partial charge is 0.349 e. The van der Waals surface area contributed by atoms with E-state index >= 15 is 0 Å². The zero-order valence-electron chi connectivity index (χ0n) is 16.0. The maximum Gasteiger partial charge on any atom is 0.225 e. The second-order valence-corrected chi connectivity index (χ2v) is 7.62. The third-order valence-electron chi connectivity index (χ3n) is 5.26. The zero-order chi connectivity index (χ0) is 18.8. The second kappa shape index (κ2) is 7.48. The van der Waals surface area contributed by atoms with Gasteiger partial charge in [0.25, 0.3) is 0 Å². The number of para-hydroxylation sites is 2. The lowest BCUT2D eigenvalue weighted by Crippen LogP contribution is -2.52. The Morgan fingerprint density at radius 2 is 2.08 bits per heavy atom. The van der Waals surface area contributed by atoms with Gasteiger partial charge in [0.1, 0.15) is 5.82 Å². The maximum absolute atomic E-state index is 12.8. The van der Waals surface area contributed by atoms with Gasteiger partial charge < -0.3 is 14.8 Å². The van der Waals surface area contributed by atoms with E-state index in [1.807, 2.05) is 47.7 Å². The molecule has 0 saturated carbocycles. The summed E-state index contributed by atoms with van der Waals surface area (Å²) in [6.07, 6.45) is 1.06. The van der Waals surface area contributed by atoms with Gasteiger partial charge in [0.2, 0.25) is 11.8 Å². The molecular formula is C20H28N4O2. The van der Waals surface area contributed by atoms with E-state index < -0.39 is 0 Å². The lowest BCUT2D eigenvalue weighted by molar-refractivity contribution is -0.143. The van der Waals surface area contributed by atoms with Crippen LogP contribution in [0.2, 0.25) is 0 Å². The summed E-state index contributed by atoms with van der Waals surface area (Å²) in [5.41, 5.74) is 1.98. The number of nitrogens with one attached hydrogen (secondary N) is 1. The molecule has 1 aliphatic rings. The maximum atomic E-state index is 12.8. The second-order valence-electron chi connectivity index (χ2n) is 7.62.